The Kier molecular flexibility index (Phi) is 10.4. The predicted octanol–water partition coefficient (Wildman–Crippen LogP) is 3.69. The third-order valence-corrected chi connectivity index (χ3v) is 2.83. The molecule has 0 rings (SSSR count). The van der Waals surface area contributed by atoms with Crippen LogP contribution in [0, 0.1) is 0 Å². The quantitative estimate of drug-likeness (QED) is 0.262. The first-order chi connectivity index (χ1) is 8.56. The van der Waals surface area contributed by atoms with Gasteiger partial charge in [-0.3, -0.25) is 0 Å². The van der Waals surface area contributed by atoms with E-state index in [2.05, 4.69) is 38.4 Å². The number of ether oxygens (including phenoxy) is 4. The first-order valence-corrected chi connectivity index (χ1v) is 6.89. The minimum absolute atomic E-state index is 0.0497. The number of allylic oxidation sites excluding steroid dienone is 4. The van der Waals surface area contributed by atoms with E-state index in [1.165, 1.54) is 0 Å². The van der Waals surface area contributed by atoms with Crippen molar-refractivity contribution in [2.75, 3.05) is 27.8 Å². The lowest BCUT2D eigenvalue weighted by atomic mass is 10.3. The number of rotatable bonds is 9. The molecule has 0 N–H and O–H groups in total. The van der Waals surface area contributed by atoms with Gasteiger partial charge >= 0.3 is 0 Å². The Morgan fingerprint density at radius 3 is 2.22 bits per heavy atom. The summed E-state index contributed by atoms with van der Waals surface area (Å²) in [5.74, 6) is 1.28. The van der Waals surface area contributed by atoms with Crippen molar-refractivity contribution in [3.05, 3.63) is 34.7 Å². The molecule has 0 amide bonds. The van der Waals surface area contributed by atoms with Gasteiger partial charge in [-0.2, -0.15) is 0 Å². The second-order valence-corrected chi connectivity index (χ2v) is 5.41. The van der Waals surface area contributed by atoms with E-state index in [4.69, 9.17) is 18.9 Å². The molecule has 0 saturated heterocycles. The van der Waals surface area contributed by atoms with Crippen LogP contribution in [0.4, 0.5) is 0 Å². The maximum absolute atomic E-state index is 5.43. The molecule has 6 heteroatoms. The van der Waals surface area contributed by atoms with Crippen molar-refractivity contribution in [2.45, 2.75) is 11.8 Å². The largest absolute Gasteiger partial charge is 0.471 e. The van der Waals surface area contributed by atoms with Crippen LogP contribution in [-0.4, -0.2) is 32.6 Å². The van der Waals surface area contributed by atoms with Crippen LogP contribution < -0.4 is 0 Å². The molecule has 0 aliphatic carbocycles. The summed E-state index contributed by atoms with van der Waals surface area (Å²) in [5.41, 5.74) is 0. The predicted molar refractivity (Wildman–Crippen MR) is 78.5 cm³/mol. The summed E-state index contributed by atoms with van der Waals surface area (Å²) < 4.78 is 21.2. The number of hydrogen-bond donors (Lipinski definition) is 0. The highest BCUT2D eigenvalue weighted by Crippen LogP contribution is 2.22. The summed E-state index contributed by atoms with van der Waals surface area (Å²) in [4.78, 5) is 0.0497. The standard InChI is InChI=1S/C12H18Br2O4/c1-5-11(17-7-15-3)10(14)6-12(9(2)13)18-8-16-4/h5-6,9H,1,7-8H2,2-4H3/b11-10-,12-6+. The Balaban J connectivity index is 4.91. The maximum atomic E-state index is 5.43. The Morgan fingerprint density at radius 1 is 1.22 bits per heavy atom. The van der Waals surface area contributed by atoms with E-state index in [1.807, 2.05) is 6.92 Å². The molecule has 0 aromatic rings. The van der Waals surface area contributed by atoms with E-state index >= 15 is 0 Å². The molecule has 0 spiro atoms. The van der Waals surface area contributed by atoms with Gasteiger partial charge in [-0.15, -0.1) is 0 Å². The van der Waals surface area contributed by atoms with Crippen molar-refractivity contribution in [1.29, 1.82) is 0 Å². The molecule has 1 atom stereocenters. The van der Waals surface area contributed by atoms with Crippen LogP contribution >= 0.6 is 31.9 Å². The molecule has 18 heavy (non-hydrogen) atoms. The van der Waals surface area contributed by atoms with Crippen molar-refractivity contribution in [1.82, 2.24) is 0 Å². The summed E-state index contributed by atoms with van der Waals surface area (Å²) >= 11 is 6.84. The SMILES string of the molecule is C=C/C(OCOC)=C(Br)\C=C(\OCOC)C(C)Br. The zero-order chi connectivity index (χ0) is 14.0. The van der Waals surface area contributed by atoms with Crippen LogP contribution in [0.15, 0.2) is 34.7 Å². The Bertz CT molecular complexity index is 311. The average Bonchev–Trinajstić information content (AvgIpc) is 2.34. The monoisotopic (exact) mass is 384 g/mol. The average molecular weight is 386 g/mol. The first-order valence-electron chi connectivity index (χ1n) is 5.18. The summed E-state index contributed by atoms with van der Waals surface area (Å²) in [6, 6.07) is 0. The zero-order valence-corrected chi connectivity index (χ0v) is 13.9. The molecule has 0 radical (unpaired) electrons. The molecule has 1 unspecified atom stereocenters. The number of methoxy groups -OCH3 is 2. The molecule has 104 valence electrons. The van der Waals surface area contributed by atoms with Crippen molar-refractivity contribution < 1.29 is 18.9 Å². The van der Waals surface area contributed by atoms with E-state index in [0.717, 1.165) is 0 Å². The highest BCUT2D eigenvalue weighted by atomic mass is 79.9. The number of hydrogen-bond acceptors (Lipinski definition) is 4. The Labute approximate surface area is 125 Å². The number of alkyl halides is 1. The second kappa shape index (κ2) is 10.6. The van der Waals surface area contributed by atoms with Crippen LogP contribution in [0.25, 0.3) is 0 Å². The molecule has 0 aliphatic rings. The molecule has 0 heterocycles. The van der Waals surface area contributed by atoms with Crippen molar-refractivity contribution >= 4 is 31.9 Å². The van der Waals surface area contributed by atoms with E-state index < -0.39 is 0 Å². The maximum Gasteiger partial charge on any atom is 0.188 e. The van der Waals surface area contributed by atoms with Gasteiger partial charge in [0.05, 0.1) is 9.31 Å². The van der Waals surface area contributed by atoms with Crippen LogP contribution in [0.3, 0.4) is 0 Å². The van der Waals surface area contributed by atoms with Crippen LogP contribution in [0.2, 0.25) is 0 Å². The minimum Gasteiger partial charge on any atom is -0.471 e. The Morgan fingerprint density at radius 2 is 1.78 bits per heavy atom. The summed E-state index contributed by atoms with van der Waals surface area (Å²) in [5, 5.41) is 0. The van der Waals surface area contributed by atoms with Gasteiger partial charge in [-0.05, 0) is 35.0 Å². The fourth-order valence-electron chi connectivity index (χ4n) is 0.942. The molecule has 0 saturated carbocycles. The summed E-state index contributed by atoms with van der Waals surface area (Å²) in [7, 11) is 3.12. The topological polar surface area (TPSA) is 36.9 Å². The molecule has 0 aromatic carbocycles. The van der Waals surface area contributed by atoms with Gasteiger partial charge in [-0.25, -0.2) is 0 Å². The van der Waals surface area contributed by atoms with Crippen LogP contribution in [0.5, 0.6) is 0 Å². The van der Waals surface area contributed by atoms with Crippen molar-refractivity contribution in [3.8, 4) is 0 Å². The van der Waals surface area contributed by atoms with Crippen LogP contribution in [-0.2, 0) is 18.9 Å². The van der Waals surface area contributed by atoms with Gasteiger partial charge in [-0.1, -0.05) is 22.5 Å². The zero-order valence-electron chi connectivity index (χ0n) is 10.7. The van der Waals surface area contributed by atoms with E-state index in [0.29, 0.717) is 16.0 Å². The van der Waals surface area contributed by atoms with Gasteiger partial charge in [0.25, 0.3) is 0 Å². The third kappa shape index (κ3) is 7.20. The van der Waals surface area contributed by atoms with Crippen LogP contribution in [0.1, 0.15) is 6.92 Å². The first kappa shape index (κ1) is 17.7. The normalized spacial score (nSPS) is 14.8. The summed E-state index contributed by atoms with van der Waals surface area (Å²) in [6.07, 6.45) is 3.39. The molecule has 0 bridgehead atoms. The van der Waals surface area contributed by atoms with Gasteiger partial charge in [0.1, 0.15) is 11.5 Å². The molecular formula is C12H18Br2O4. The highest BCUT2D eigenvalue weighted by Gasteiger charge is 2.09. The van der Waals surface area contributed by atoms with Crippen molar-refractivity contribution in [3.63, 3.8) is 0 Å². The van der Waals surface area contributed by atoms with E-state index in [9.17, 15) is 0 Å². The minimum atomic E-state index is 0.0497. The smallest absolute Gasteiger partial charge is 0.188 e. The van der Waals surface area contributed by atoms with Crippen molar-refractivity contribution in [2.24, 2.45) is 0 Å². The molecular weight excluding hydrogens is 368 g/mol. The van der Waals surface area contributed by atoms with E-state index in [1.54, 1.807) is 26.4 Å². The third-order valence-electron chi connectivity index (χ3n) is 1.76. The molecule has 0 fully saturated rings. The molecule has 0 aromatic heterocycles. The second-order valence-electron chi connectivity index (χ2n) is 3.18. The van der Waals surface area contributed by atoms with E-state index in [-0.39, 0.29) is 18.4 Å². The summed E-state index contributed by atoms with van der Waals surface area (Å²) in [6.45, 7) is 5.96. The fourth-order valence-corrected chi connectivity index (χ4v) is 1.71. The number of halogens is 2. The molecule has 4 nitrogen and oxygen atoms in total. The van der Waals surface area contributed by atoms with Gasteiger partial charge in [0.2, 0.25) is 0 Å². The fraction of sp³-hybridized carbons (Fsp3) is 0.500. The lowest BCUT2D eigenvalue weighted by Crippen LogP contribution is -2.05. The lowest BCUT2D eigenvalue weighted by molar-refractivity contribution is 0.00355. The Hall–Kier alpha value is -0.300. The van der Waals surface area contributed by atoms with Gasteiger partial charge < -0.3 is 18.9 Å². The highest BCUT2D eigenvalue weighted by molar-refractivity contribution is 9.12. The lowest BCUT2D eigenvalue weighted by Gasteiger charge is -2.12. The molecule has 0 aliphatic heterocycles. The van der Waals surface area contributed by atoms with Gasteiger partial charge in [0, 0.05) is 14.2 Å². The van der Waals surface area contributed by atoms with Gasteiger partial charge in [0.15, 0.2) is 13.6 Å².